The molecule has 1 aromatic rings. The molecule has 1 nitrogen and oxygen atoms in total. The van der Waals surface area contributed by atoms with Crippen LogP contribution < -0.4 is 5.32 Å². The Kier molecular flexibility index (Phi) is 7.82. The molecule has 0 radical (unpaired) electrons. The summed E-state index contributed by atoms with van der Waals surface area (Å²) in [6, 6.07) is 6.59. The zero-order valence-corrected chi connectivity index (χ0v) is 13.7. The molecule has 0 aliphatic heterocycles. The molecule has 1 N–H and O–H groups in total. The summed E-state index contributed by atoms with van der Waals surface area (Å²) in [5, 5.41) is 5.13. The first kappa shape index (κ1) is 16.8. The molecule has 2 atom stereocenters. The highest BCUT2D eigenvalue weighted by Crippen LogP contribution is 2.28. The molecule has 2 unspecified atom stereocenters. The van der Waals surface area contributed by atoms with E-state index in [0.29, 0.717) is 17.1 Å². The minimum absolute atomic E-state index is 0.307. The fourth-order valence-electron chi connectivity index (χ4n) is 2.34. The molecule has 1 aromatic carbocycles. The van der Waals surface area contributed by atoms with Crippen molar-refractivity contribution < 1.29 is 0 Å². The first-order valence-electron chi connectivity index (χ1n) is 7.29. The second-order valence-corrected chi connectivity index (χ2v) is 6.03. The van der Waals surface area contributed by atoms with Crippen LogP contribution in [0.1, 0.15) is 64.5 Å². The Hall–Kier alpha value is -0.240. The van der Waals surface area contributed by atoms with Crippen molar-refractivity contribution in [1.29, 1.82) is 0 Å². The summed E-state index contributed by atoms with van der Waals surface area (Å²) in [7, 11) is 0. The van der Waals surface area contributed by atoms with E-state index in [2.05, 4.69) is 26.1 Å². The molecule has 0 saturated heterocycles. The van der Waals surface area contributed by atoms with E-state index in [9.17, 15) is 0 Å². The second kappa shape index (κ2) is 8.84. The normalized spacial score (nSPS) is 14.4. The van der Waals surface area contributed by atoms with E-state index < -0.39 is 0 Å². The zero-order valence-electron chi connectivity index (χ0n) is 12.2. The van der Waals surface area contributed by atoms with Crippen LogP contribution >= 0.6 is 23.2 Å². The van der Waals surface area contributed by atoms with Gasteiger partial charge in [0.1, 0.15) is 0 Å². The lowest BCUT2D eigenvalue weighted by molar-refractivity contribution is 0.415. The maximum atomic E-state index is 6.29. The Labute approximate surface area is 127 Å². The van der Waals surface area contributed by atoms with E-state index in [1.807, 2.05) is 18.2 Å². The van der Waals surface area contributed by atoms with Crippen LogP contribution in [0.15, 0.2) is 18.2 Å². The van der Waals surface area contributed by atoms with Gasteiger partial charge in [-0.3, -0.25) is 0 Å². The van der Waals surface area contributed by atoms with Gasteiger partial charge in [-0.15, -0.1) is 0 Å². The lowest BCUT2D eigenvalue weighted by Crippen LogP contribution is -2.30. The number of rotatable bonds is 8. The quantitative estimate of drug-likeness (QED) is 0.580. The van der Waals surface area contributed by atoms with Crippen molar-refractivity contribution in [2.45, 2.75) is 65.0 Å². The maximum Gasteiger partial charge on any atom is 0.0468 e. The molecule has 0 bridgehead atoms. The van der Waals surface area contributed by atoms with Gasteiger partial charge in [-0.25, -0.2) is 0 Å². The number of hydrogen-bond acceptors (Lipinski definition) is 1. The van der Waals surface area contributed by atoms with Crippen molar-refractivity contribution in [3.8, 4) is 0 Å². The van der Waals surface area contributed by atoms with E-state index >= 15 is 0 Å². The lowest BCUT2D eigenvalue weighted by Gasteiger charge is -2.23. The Balaban J connectivity index is 2.62. The van der Waals surface area contributed by atoms with Crippen molar-refractivity contribution in [3.05, 3.63) is 33.8 Å². The average molecular weight is 302 g/mol. The predicted octanol–water partition coefficient (Wildman–Crippen LogP) is 6.00. The summed E-state index contributed by atoms with van der Waals surface area (Å²) in [5.41, 5.74) is 1.15. The highest BCUT2D eigenvalue weighted by Gasteiger charge is 2.15. The van der Waals surface area contributed by atoms with Crippen LogP contribution in [0.2, 0.25) is 10.0 Å². The summed E-state index contributed by atoms with van der Waals surface area (Å²) in [6.07, 6.45) is 6.11. The largest absolute Gasteiger partial charge is 0.307 e. The Morgan fingerprint density at radius 1 is 1.16 bits per heavy atom. The fourth-order valence-corrected chi connectivity index (χ4v) is 2.88. The van der Waals surface area contributed by atoms with Gasteiger partial charge < -0.3 is 5.32 Å². The summed E-state index contributed by atoms with van der Waals surface area (Å²) in [5.74, 6) is 0. The molecule has 108 valence electrons. The average Bonchev–Trinajstić information content (AvgIpc) is 2.37. The van der Waals surface area contributed by atoms with Crippen LogP contribution in [0, 0.1) is 0 Å². The molecule has 0 aromatic heterocycles. The molecule has 0 fully saturated rings. The van der Waals surface area contributed by atoms with Gasteiger partial charge in [-0.1, -0.05) is 62.4 Å². The van der Waals surface area contributed by atoms with Crippen LogP contribution in [0.25, 0.3) is 0 Å². The van der Waals surface area contributed by atoms with Crippen molar-refractivity contribution in [1.82, 2.24) is 5.32 Å². The van der Waals surface area contributed by atoms with Crippen molar-refractivity contribution in [3.63, 3.8) is 0 Å². The van der Waals surface area contributed by atoms with Crippen LogP contribution in [0.3, 0.4) is 0 Å². The SMILES string of the molecule is CCCCCC(C)NC(CC)c1ccc(Cl)cc1Cl. The van der Waals surface area contributed by atoms with Gasteiger partial charge in [0.2, 0.25) is 0 Å². The monoisotopic (exact) mass is 301 g/mol. The van der Waals surface area contributed by atoms with Gasteiger partial charge in [-0.2, -0.15) is 0 Å². The lowest BCUT2D eigenvalue weighted by atomic mass is 10.0. The molecule has 0 spiro atoms. The third kappa shape index (κ3) is 5.72. The summed E-state index contributed by atoms with van der Waals surface area (Å²) in [4.78, 5) is 0. The fraction of sp³-hybridized carbons (Fsp3) is 0.625. The second-order valence-electron chi connectivity index (χ2n) is 5.19. The first-order chi connectivity index (χ1) is 9.08. The molecule has 19 heavy (non-hydrogen) atoms. The van der Waals surface area contributed by atoms with Crippen LogP contribution in [0.4, 0.5) is 0 Å². The van der Waals surface area contributed by atoms with Gasteiger partial charge in [0.25, 0.3) is 0 Å². The number of halogens is 2. The van der Waals surface area contributed by atoms with E-state index in [0.717, 1.165) is 17.0 Å². The number of hydrogen-bond donors (Lipinski definition) is 1. The topological polar surface area (TPSA) is 12.0 Å². The minimum Gasteiger partial charge on any atom is -0.307 e. The molecule has 0 saturated carbocycles. The van der Waals surface area contributed by atoms with Crippen molar-refractivity contribution in [2.75, 3.05) is 0 Å². The standard InChI is InChI=1S/C16H25Cl2N/c1-4-6-7-8-12(3)19-16(5-2)14-10-9-13(17)11-15(14)18/h9-12,16,19H,4-8H2,1-3H3. The van der Waals surface area contributed by atoms with Crippen LogP contribution in [-0.2, 0) is 0 Å². The maximum absolute atomic E-state index is 6.29. The van der Waals surface area contributed by atoms with E-state index in [1.54, 1.807) is 0 Å². The van der Waals surface area contributed by atoms with Crippen molar-refractivity contribution in [2.24, 2.45) is 0 Å². The molecule has 3 heteroatoms. The van der Waals surface area contributed by atoms with E-state index in [4.69, 9.17) is 23.2 Å². The molecular weight excluding hydrogens is 277 g/mol. The first-order valence-corrected chi connectivity index (χ1v) is 8.05. The van der Waals surface area contributed by atoms with E-state index in [1.165, 1.54) is 25.7 Å². The Bertz CT molecular complexity index is 379. The Morgan fingerprint density at radius 2 is 1.89 bits per heavy atom. The zero-order chi connectivity index (χ0) is 14.3. The summed E-state index contributed by atoms with van der Waals surface area (Å²) in [6.45, 7) is 6.67. The third-order valence-corrected chi connectivity index (χ3v) is 4.03. The molecule has 0 aliphatic rings. The highest BCUT2D eigenvalue weighted by atomic mass is 35.5. The smallest absolute Gasteiger partial charge is 0.0468 e. The van der Waals surface area contributed by atoms with Crippen molar-refractivity contribution >= 4 is 23.2 Å². The Morgan fingerprint density at radius 3 is 2.47 bits per heavy atom. The number of benzene rings is 1. The van der Waals surface area contributed by atoms with Crippen LogP contribution in [-0.4, -0.2) is 6.04 Å². The van der Waals surface area contributed by atoms with Gasteiger partial charge in [0.15, 0.2) is 0 Å². The van der Waals surface area contributed by atoms with Gasteiger partial charge >= 0.3 is 0 Å². The molecule has 0 aliphatic carbocycles. The third-order valence-electron chi connectivity index (χ3n) is 3.47. The predicted molar refractivity (Wildman–Crippen MR) is 86.2 cm³/mol. The summed E-state index contributed by atoms with van der Waals surface area (Å²) >= 11 is 12.2. The number of unbranched alkanes of at least 4 members (excludes halogenated alkanes) is 2. The number of nitrogens with one attached hydrogen (secondary N) is 1. The van der Waals surface area contributed by atoms with Gasteiger partial charge in [-0.05, 0) is 37.5 Å². The van der Waals surface area contributed by atoms with Crippen LogP contribution in [0.5, 0.6) is 0 Å². The summed E-state index contributed by atoms with van der Waals surface area (Å²) < 4.78 is 0. The highest BCUT2D eigenvalue weighted by molar-refractivity contribution is 6.35. The molecule has 0 heterocycles. The molecule has 0 amide bonds. The minimum atomic E-state index is 0.307. The van der Waals surface area contributed by atoms with E-state index in [-0.39, 0.29) is 0 Å². The molecular formula is C16H25Cl2N. The van der Waals surface area contributed by atoms with Gasteiger partial charge in [0, 0.05) is 22.1 Å². The van der Waals surface area contributed by atoms with Gasteiger partial charge in [0.05, 0.1) is 0 Å². The molecule has 1 rings (SSSR count).